The number of primary amides is 1. The van der Waals surface area contributed by atoms with E-state index in [1.807, 2.05) is 0 Å². The molecule has 0 saturated carbocycles. The Morgan fingerprint density at radius 1 is 1.20 bits per heavy atom. The molecule has 0 saturated heterocycles. The highest BCUT2D eigenvalue weighted by atomic mass is 16.4. The van der Waals surface area contributed by atoms with Crippen LogP contribution in [0.4, 0.5) is 0 Å². The van der Waals surface area contributed by atoms with Crippen molar-refractivity contribution in [2.45, 2.75) is 26.3 Å². The summed E-state index contributed by atoms with van der Waals surface area (Å²) in [7, 11) is 0. The van der Waals surface area contributed by atoms with Gasteiger partial charge in [-0.1, -0.05) is 6.07 Å². The van der Waals surface area contributed by atoms with Crippen LogP contribution in [0.15, 0.2) is 24.3 Å². The quantitative estimate of drug-likeness (QED) is 0.861. The summed E-state index contributed by atoms with van der Waals surface area (Å²) in [5.74, 6) is -2.19. The molecule has 0 spiro atoms. The van der Waals surface area contributed by atoms with Gasteiger partial charge in [0.2, 0.25) is 5.91 Å². The zero-order valence-electron chi connectivity index (χ0n) is 11.7. The molecule has 0 aliphatic heterocycles. The van der Waals surface area contributed by atoms with Gasteiger partial charge in [0.05, 0.1) is 0 Å². The van der Waals surface area contributed by atoms with Gasteiger partial charge < -0.3 is 15.7 Å². The first-order chi connectivity index (χ1) is 9.12. The number of carboxylic acid groups (broad SMARTS) is 1. The van der Waals surface area contributed by atoms with Crippen LogP contribution in [0.5, 0.6) is 0 Å². The fourth-order valence-electron chi connectivity index (χ4n) is 1.71. The first-order valence-electron chi connectivity index (χ1n) is 6.06. The minimum atomic E-state index is -1.10. The molecule has 0 unspecified atom stereocenters. The van der Waals surface area contributed by atoms with Crippen molar-refractivity contribution in [3.05, 3.63) is 35.4 Å². The molecule has 0 aromatic heterocycles. The smallest absolute Gasteiger partial charge is 0.323 e. The van der Waals surface area contributed by atoms with Crippen LogP contribution >= 0.6 is 0 Å². The number of carbonyl (C=O) groups excluding carboxylic acids is 2. The van der Waals surface area contributed by atoms with E-state index in [0.717, 1.165) is 0 Å². The lowest BCUT2D eigenvalue weighted by atomic mass is 10.0. The minimum absolute atomic E-state index is 0.208. The number of carboxylic acids is 1. The molecule has 1 aromatic rings. The van der Waals surface area contributed by atoms with Gasteiger partial charge in [-0.15, -0.1) is 0 Å². The second-order valence-electron chi connectivity index (χ2n) is 5.40. The summed E-state index contributed by atoms with van der Waals surface area (Å²) in [5, 5.41) is 8.92. The van der Waals surface area contributed by atoms with Gasteiger partial charge in [0.25, 0.3) is 5.91 Å². The van der Waals surface area contributed by atoms with E-state index in [-0.39, 0.29) is 11.1 Å². The molecule has 1 aromatic carbocycles. The van der Waals surface area contributed by atoms with Gasteiger partial charge in [0.15, 0.2) is 0 Å². The average molecular weight is 278 g/mol. The van der Waals surface area contributed by atoms with Crippen molar-refractivity contribution >= 4 is 17.8 Å². The van der Waals surface area contributed by atoms with E-state index in [2.05, 4.69) is 0 Å². The van der Waals surface area contributed by atoms with Gasteiger partial charge in [-0.25, -0.2) is 0 Å². The first-order valence-corrected chi connectivity index (χ1v) is 6.06. The van der Waals surface area contributed by atoms with Crippen molar-refractivity contribution in [1.82, 2.24) is 4.90 Å². The highest BCUT2D eigenvalue weighted by Gasteiger charge is 2.29. The van der Waals surface area contributed by atoms with Crippen LogP contribution in [0.25, 0.3) is 0 Å². The van der Waals surface area contributed by atoms with Crippen molar-refractivity contribution in [2.24, 2.45) is 5.73 Å². The van der Waals surface area contributed by atoms with Crippen molar-refractivity contribution in [1.29, 1.82) is 0 Å². The van der Waals surface area contributed by atoms with Crippen LogP contribution in [0.2, 0.25) is 0 Å². The lowest BCUT2D eigenvalue weighted by molar-refractivity contribution is -0.138. The van der Waals surface area contributed by atoms with E-state index >= 15 is 0 Å². The van der Waals surface area contributed by atoms with Crippen LogP contribution in [0.3, 0.4) is 0 Å². The van der Waals surface area contributed by atoms with E-state index in [1.165, 1.54) is 29.2 Å². The predicted octanol–water partition coefficient (Wildman–Crippen LogP) is 1.11. The van der Waals surface area contributed by atoms with Crippen LogP contribution < -0.4 is 5.73 Å². The van der Waals surface area contributed by atoms with Crippen molar-refractivity contribution < 1.29 is 19.5 Å². The minimum Gasteiger partial charge on any atom is -0.480 e. The highest BCUT2D eigenvalue weighted by molar-refractivity contribution is 6.00. The third kappa shape index (κ3) is 3.81. The molecule has 0 atom stereocenters. The molecule has 0 bridgehead atoms. The van der Waals surface area contributed by atoms with Gasteiger partial charge in [0.1, 0.15) is 6.54 Å². The number of amides is 2. The highest BCUT2D eigenvalue weighted by Crippen LogP contribution is 2.17. The fourth-order valence-corrected chi connectivity index (χ4v) is 1.71. The zero-order valence-corrected chi connectivity index (χ0v) is 11.7. The number of carbonyl (C=O) groups is 3. The van der Waals surface area contributed by atoms with Gasteiger partial charge in [-0.05, 0) is 39.0 Å². The topological polar surface area (TPSA) is 101 Å². The number of nitrogens with zero attached hydrogens (tertiary/aromatic N) is 1. The molecule has 0 fully saturated rings. The molecule has 2 amide bonds. The molecule has 108 valence electrons. The summed E-state index contributed by atoms with van der Waals surface area (Å²) in [6, 6.07) is 5.92. The van der Waals surface area contributed by atoms with E-state index in [9.17, 15) is 14.4 Å². The van der Waals surface area contributed by atoms with Crippen LogP contribution in [-0.4, -0.2) is 39.9 Å². The maximum absolute atomic E-state index is 12.4. The second kappa shape index (κ2) is 5.73. The Hall–Kier alpha value is -2.37. The standard InChI is InChI=1S/C14H18N2O4/c1-14(2,3)16(8-11(17)18)13(20)10-6-4-5-9(7-10)12(15)19/h4-7H,8H2,1-3H3,(H2,15,19)(H,17,18). The Morgan fingerprint density at radius 2 is 1.75 bits per heavy atom. The molecule has 20 heavy (non-hydrogen) atoms. The molecular formula is C14H18N2O4. The second-order valence-corrected chi connectivity index (χ2v) is 5.40. The zero-order chi connectivity index (χ0) is 15.5. The fraction of sp³-hybridized carbons (Fsp3) is 0.357. The van der Waals surface area contributed by atoms with Gasteiger partial charge in [-0.3, -0.25) is 14.4 Å². The Morgan fingerprint density at radius 3 is 2.20 bits per heavy atom. The molecule has 0 aliphatic carbocycles. The summed E-state index contributed by atoms with van der Waals surface area (Å²) in [6.45, 7) is 4.81. The molecule has 6 heteroatoms. The van der Waals surface area contributed by atoms with Crippen LogP contribution in [0.1, 0.15) is 41.5 Å². The maximum atomic E-state index is 12.4. The largest absolute Gasteiger partial charge is 0.480 e. The molecule has 0 radical (unpaired) electrons. The SMILES string of the molecule is CC(C)(C)N(CC(=O)O)C(=O)c1cccc(C(N)=O)c1. The van der Waals surface area contributed by atoms with Gasteiger partial charge in [-0.2, -0.15) is 0 Å². The van der Waals surface area contributed by atoms with Crippen molar-refractivity contribution in [3.8, 4) is 0 Å². The maximum Gasteiger partial charge on any atom is 0.323 e. The summed E-state index contributed by atoms with van der Waals surface area (Å²) in [6.07, 6.45) is 0. The molecule has 6 nitrogen and oxygen atoms in total. The van der Waals surface area contributed by atoms with Crippen molar-refractivity contribution in [2.75, 3.05) is 6.54 Å². The van der Waals surface area contributed by atoms with E-state index < -0.39 is 29.9 Å². The van der Waals surface area contributed by atoms with Gasteiger partial charge >= 0.3 is 5.97 Å². The Kier molecular flexibility index (Phi) is 4.49. The number of benzene rings is 1. The number of hydrogen-bond donors (Lipinski definition) is 2. The van der Waals surface area contributed by atoms with E-state index in [0.29, 0.717) is 0 Å². The number of rotatable bonds is 4. The Labute approximate surface area is 117 Å². The first kappa shape index (κ1) is 15.7. The monoisotopic (exact) mass is 278 g/mol. The van der Waals surface area contributed by atoms with Crippen LogP contribution in [0, 0.1) is 0 Å². The molecular weight excluding hydrogens is 260 g/mol. The summed E-state index contributed by atoms with van der Waals surface area (Å²) in [5.41, 5.74) is 4.96. The molecule has 3 N–H and O–H groups in total. The average Bonchev–Trinajstić information content (AvgIpc) is 2.33. The summed E-state index contributed by atoms with van der Waals surface area (Å²) >= 11 is 0. The molecule has 0 heterocycles. The van der Waals surface area contributed by atoms with Crippen LogP contribution in [-0.2, 0) is 4.79 Å². The normalized spacial score (nSPS) is 10.9. The Balaban J connectivity index is 3.15. The predicted molar refractivity (Wildman–Crippen MR) is 73.4 cm³/mol. The summed E-state index contributed by atoms with van der Waals surface area (Å²) in [4.78, 5) is 35.7. The van der Waals surface area contributed by atoms with E-state index in [4.69, 9.17) is 10.8 Å². The molecule has 0 aliphatic rings. The Bertz CT molecular complexity index is 546. The van der Waals surface area contributed by atoms with E-state index in [1.54, 1.807) is 20.8 Å². The number of nitrogens with two attached hydrogens (primary N) is 1. The lowest BCUT2D eigenvalue weighted by Crippen LogP contribution is -2.48. The third-order valence-corrected chi connectivity index (χ3v) is 2.74. The lowest BCUT2D eigenvalue weighted by Gasteiger charge is -2.34. The number of aliphatic carboxylic acids is 1. The summed E-state index contributed by atoms with van der Waals surface area (Å²) < 4.78 is 0. The van der Waals surface area contributed by atoms with Crippen molar-refractivity contribution in [3.63, 3.8) is 0 Å². The third-order valence-electron chi connectivity index (χ3n) is 2.74. The van der Waals surface area contributed by atoms with Gasteiger partial charge in [0, 0.05) is 16.7 Å². The molecule has 1 rings (SSSR count). The number of hydrogen-bond acceptors (Lipinski definition) is 3.